The summed E-state index contributed by atoms with van der Waals surface area (Å²) >= 11 is 5.96. The van der Waals surface area contributed by atoms with Crippen molar-refractivity contribution in [3.63, 3.8) is 0 Å². The summed E-state index contributed by atoms with van der Waals surface area (Å²) in [7, 11) is 0. The third-order valence-electron chi connectivity index (χ3n) is 4.99. The van der Waals surface area contributed by atoms with Gasteiger partial charge in [-0.05, 0) is 48.7 Å². The van der Waals surface area contributed by atoms with Crippen LogP contribution in [0.5, 0.6) is 0 Å². The zero-order valence-electron chi connectivity index (χ0n) is 16.4. The summed E-state index contributed by atoms with van der Waals surface area (Å²) in [4.78, 5) is 28.6. The van der Waals surface area contributed by atoms with Crippen LogP contribution in [0.3, 0.4) is 0 Å². The molecule has 1 heterocycles. The van der Waals surface area contributed by atoms with E-state index in [2.05, 4.69) is 10.2 Å². The minimum atomic E-state index is -0.139. The predicted octanol–water partition coefficient (Wildman–Crippen LogP) is 3.95. The highest BCUT2D eigenvalue weighted by atomic mass is 35.5. The van der Waals surface area contributed by atoms with E-state index in [1.54, 1.807) is 6.07 Å². The molecule has 2 aromatic rings. The number of anilines is 1. The number of hydrogen-bond donors (Lipinski definition) is 1. The monoisotopic (exact) mass is 399 g/mol. The van der Waals surface area contributed by atoms with Crippen LogP contribution in [-0.4, -0.2) is 47.8 Å². The molecule has 2 aromatic carbocycles. The molecule has 28 heavy (non-hydrogen) atoms. The van der Waals surface area contributed by atoms with Crippen molar-refractivity contribution in [3.8, 4) is 0 Å². The van der Waals surface area contributed by atoms with Crippen LogP contribution in [0.4, 0.5) is 5.69 Å². The Morgan fingerprint density at radius 2 is 1.79 bits per heavy atom. The van der Waals surface area contributed by atoms with Crippen molar-refractivity contribution in [1.82, 2.24) is 9.80 Å². The third kappa shape index (κ3) is 5.33. The Labute approximate surface area is 171 Å². The van der Waals surface area contributed by atoms with Crippen LogP contribution in [0.1, 0.15) is 34.8 Å². The highest BCUT2D eigenvalue weighted by Gasteiger charge is 2.21. The molecule has 5 nitrogen and oxygen atoms in total. The number of nitrogens with zero attached hydrogens (tertiary/aromatic N) is 2. The zero-order chi connectivity index (χ0) is 20.1. The number of nitrogens with one attached hydrogen (secondary N) is 1. The van der Waals surface area contributed by atoms with Gasteiger partial charge in [-0.3, -0.25) is 14.5 Å². The van der Waals surface area contributed by atoms with Gasteiger partial charge in [0.25, 0.3) is 5.91 Å². The van der Waals surface area contributed by atoms with Crippen molar-refractivity contribution in [3.05, 3.63) is 64.2 Å². The Morgan fingerprint density at radius 1 is 1.04 bits per heavy atom. The van der Waals surface area contributed by atoms with E-state index in [9.17, 15) is 9.59 Å². The average molecular weight is 400 g/mol. The van der Waals surface area contributed by atoms with Crippen LogP contribution >= 0.6 is 11.6 Å². The number of rotatable bonds is 4. The Hall–Kier alpha value is -2.37. The minimum absolute atomic E-state index is 0.0138. The molecule has 3 rings (SSSR count). The summed E-state index contributed by atoms with van der Waals surface area (Å²) in [6.07, 6.45) is 0.934. The molecule has 0 aliphatic carbocycles. The predicted molar refractivity (Wildman–Crippen MR) is 113 cm³/mol. The van der Waals surface area contributed by atoms with Crippen molar-refractivity contribution in [2.75, 3.05) is 31.5 Å². The van der Waals surface area contributed by atoms with Crippen molar-refractivity contribution in [2.45, 2.75) is 26.8 Å². The number of halogens is 1. The first kappa shape index (κ1) is 20.4. The Morgan fingerprint density at radius 3 is 2.50 bits per heavy atom. The highest BCUT2D eigenvalue weighted by molar-refractivity contribution is 6.30. The summed E-state index contributed by atoms with van der Waals surface area (Å²) in [5, 5.41) is 3.54. The second-order valence-corrected chi connectivity index (χ2v) is 7.70. The fourth-order valence-corrected chi connectivity index (χ4v) is 3.57. The number of carbonyl (C=O) groups is 2. The van der Waals surface area contributed by atoms with Crippen molar-refractivity contribution >= 4 is 29.1 Å². The van der Waals surface area contributed by atoms with Crippen molar-refractivity contribution in [2.24, 2.45) is 0 Å². The van der Waals surface area contributed by atoms with Gasteiger partial charge in [-0.1, -0.05) is 29.8 Å². The van der Waals surface area contributed by atoms with E-state index in [1.165, 1.54) is 12.5 Å². The summed E-state index contributed by atoms with van der Waals surface area (Å²) < 4.78 is 0. The standard InChI is InChI=1S/C22H26ClN3O2/c1-16-4-7-19(14-21(16)24-17(2)27)22(28)26-11-3-10-25(12-13-26)15-18-5-8-20(23)9-6-18/h4-9,14H,3,10-13,15H2,1-2H3,(H,24,27). The lowest BCUT2D eigenvalue weighted by molar-refractivity contribution is -0.114. The van der Waals surface area contributed by atoms with E-state index in [0.717, 1.165) is 43.2 Å². The van der Waals surface area contributed by atoms with Crippen LogP contribution in [0.15, 0.2) is 42.5 Å². The SMILES string of the molecule is CC(=O)Nc1cc(C(=O)N2CCCN(Cc3ccc(Cl)cc3)CC2)ccc1C. The lowest BCUT2D eigenvalue weighted by Gasteiger charge is -2.22. The molecule has 0 atom stereocenters. The van der Waals surface area contributed by atoms with E-state index < -0.39 is 0 Å². The number of benzene rings is 2. The molecular formula is C22H26ClN3O2. The van der Waals surface area contributed by atoms with E-state index in [0.29, 0.717) is 17.8 Å². The second-order valence-electron chi connectivity index (χ2n) is 7.26. The molecule has 1 aliphatic rings. The van der Waals surface area contributed by atoms with Crippen LogP contribution in [-0.2, 0) is 11.3 Å². The van der Waals surface area contributed by atoms with Crippen LogP contribution < -0.4 is 5.32 Å². The molecule has 0 unspecified atom stereocenters. The van der Waals surface area contributed by atoms with Gasteiger partial charge in [-0.2, -0.15) is 0 Å². The van der Waals surface area contributed by atoms with Crippen molar-refractivity contribution < 1.29 is 9.59 Å². The lowest BCUT2D eigenvalue weighted by Crippen LogP contribution is -2.35. The minimum Gasteiger partial charge on any atom is -0.337 e. The molecule has 2 amide bonds. The van der Waals surface area contributed by atoms with E-state index in [1.807, 2.05) is 48.2 Å². The normalized spacial score (nSPS) is 15.2. The summed E-state index contributed by atoms with van der Waals surface area (Å²) in [6.45, 7) is 7.46. The molecule has 0 bridgehead atoms. The molecule has 1 fully saturated rings. The van der Waals surface area contributed by atoms with Crippen LogP contribution in [0, 0.1) is 6.92 Å². The molecule has 1 saturated heterocycles. The van der Waals surface area contributed by atoms with Gasteiger partial charge in [0.05, 0.1) is 0 Å². The first-order valence-electron chi connectivity index (χ1n) is 9.56. The van der Waals surface area contributed by atoms with Gasteiger partial charge in [0, 0.05) is 55.9 Å². The van der Waals surface area contributed by atoms with Crippen LogP contribution in [0.25, 0.3) is 0 Å². The van der Waals surface area contributed by atoms with Gasteiger partial charge >= 0.3 is 0 Å². The molecule has 148 valence electrons. The fourth-order valence-electron chi connectivity index (χ4n) is 3.44. The molecular weight excluding hydrogens is 374 g/mol. The second kappa shape index (κ2) is 9.22. The topological polar surface area (TPSA) is 52.7 Å². The number of amides is 2. The fraction of sp³-hybridized carbons (Fsp3) is 0.364. The maximum atomic E-state index is 13.0. The molecule has 0 radical (unpaired) electrons. The van der Waals surface area contributed by atoms with Gasteiger partial charge in [0.15, 0.2) is 0 Å². The molecule has 1 N–H and O–H groups in total. The van der Waals surface area contributed by atoms with Crippen molar-refractivity contribution in [1.29, 1.82) is 0 Å². The van der Waals surface area contributed by atoms with Gasteiger partial charge in [-0.25, -0.2) is 0 Å². The molecule has 0 aromatic heterocycles. The summed E-state index contributed by atoms with van der Waals surface area (Å²) in [5.41, 5.74) is 3.47. The first-order chi connectivity index (χ1) is 13.4. The van der Waals surface area contributed by atoms with Gasteiger partial charge < -0.3 is 10.2 Å². The summed E-state index contributed by atoms with van der Waals surface area (Å²) in [6, 6.07) is 13.4. The smallest absolute Gasteiger partial charge is 0.253 e. The zero-order valence-corrected chi connectivity index (χ0v) is 17.1. The Balaban J connectivity index is 1.64. The maximum Gasteiger partial charge on any atom is 0.253 e. The Kier molecular flexibility index (Phi) is 6.70. The highest BCUT2D eigenvalue weighted by Crippen LogP contribution is 2.19. The lowest BCUT2D eigenvalue weighted by atomic mass is 10.1. The van der Waals surface area contributed by atoms with E-state index in [4.69, 9.17) is 11.6 Å². The average Bonchev–Trinajstić information content (AvgIpc) is 2.90. The van der Waals surface area contributed by atoms with Gasteiger partial charge in [0.2, 0.25) is 5.91 Å². The quantitative estimate of drug-likeness (QED) is 0.846. The van der Waals surface area contributed by atoms with Crippen LogP contribution in [0.2, 0.25) is 5.02 Å². The molecule has 6 heteroatoms. The number of hydrogen-bond acceptors (Lipinski definition) is 3. The maximum absolute atomic E-state index is 13.0. The first-order valence-corrected chi connectivity index (χ1v) is 9.94. The van der Waals surface area contributed by atoms with Gasteiger partial charge in [-0.15, -0.1) is 0 Å². The van der Waals surface area contributed by atoms with Gasteiger partial charge in [0.1, 0.15) is 0 Å². The molecule has 1 aliphatic heterocycles. The third-order valence-corrected chi connectivity index (χ3v) is 5.24. The Bertz CT molecular complexity index is 851. The van der Waals surface area contributed by atoms with E-state index in [-0.39, 0.29) is 11.8 Å². The molecule has 0 spiro atoms. The largest absolute Gasteiger partial charge is 0.337 e. The summed E-state index contributed by atoms with van der Waals surface area (Å²) in [5.74, 6) is -0.125. The number of carbonyl (C=O) groups excluding carboxylic acids is 2. The number of aryl methyl sites for hydroxylation is 1. The van der Waals surface area contributed by atoms with E-state index >= 15 is 0 Å². The molecule has 0 saturated carbocycles.